The van der Waals surface area contributed by atoms with E-state index in [1.165, 1.54) is 19.7 Å². The van der Waals surface area contributed by atoms with Gasteiger partial charge in [0.05, 0.1) is 19.0 Å². The molecule has 0 unspecified atom stereocenters. The largest absolute Gasteiger partial charge is 0.495 e. The second-order valence-electron chi connectivity index (χ2n) is 8.12. The maximum Gasteiger partial charge on any atom is 0.329 e. The smallest absolute Gasteiger partial charge is 0.329 e. The van der Waals surface area contributed by atoms with Crippen molar-refractivity contribution >= 4 is 29.6 Å². The lowest BCUT2D eigenvalue weighted by Crippen LogP contribution is -2.38. The summed E-state index contributed by atoms with van der Waals surface area (Å²) in [5.41, 5.74) is 4.18. The number of carbonyl (C=O) groups excluding carboxylic acids is 3. The number of benzene rings is 2. The Labute approximate surface area is 198 Å². The average molecular weight is 467 g/mol. The molecule has 1 aliphatic rings. The second kappa shape index (κ2) is 12.4. The third-order valence-electron chi connectivity index (χ3n) is 5.41. The van der Waals surface area contributed by atoms with Gasteiger partial charge in [-0.05, 0) is 67.3 Å². The van der Waals surface area contributed by atoms with Gasteiger partial charge < -0.3 is 20.1 Å². The Balaban J connectivity index is 1.43. The van der Waals surface area contributed by atoms with Crippen LogP contribution in [0.2, 0.25) is 0 Å². The normalized spacial score (nSPS) is 13.8. The zero-order valence-corrected chi connectivity index (χ0v) is 19.4. The zero-order chi connectivity index (χ0) is 24.3. The Kier molecular flexibility index (Phi) is 9.02. The van der Waals surface area contributed by atoms with E-state index in [0.717, 1.165) is 31.2 Å². The Hall–Kier alpha value is -3.88. The molecule has 3 N–H and O–H groups in total. The van der Waals surface area contributed by atoms with Gasteiger partial charge in [0.2, 0.25) is 0 Å². The number of rotatable bonds is 8. The quantitative estimate of drug-likeness (QED) is 0.314. The molecule has 9 nitrogen and oxygen atoms in total. The Morgan fingerprint density at radius 2 is 1.76 bits per heavy atom. The molecule has 1 fully saturated rings. The predicted octanol–water partition coefficient (Wildman–Crippen LogP) is 2.92. The lowest BCUT2D eigenvalue weighted by Gasteiger charge is -2.22. The lowest BCUT2D eigenvalue weighted by molar-refractivity contribution is -0.136. The lowest BCUT2D eigenvalue weighted by atomic mass is 9.95. The van der Waals surface area contributed by atoms with E-state index in [0.29, 0.717) is 22.7 Å². The van der Waals surface area contributed by atoms with Gasteiger partial charge in [0.15, 0.2) is 6.61 Å². The van der Waals surface area contributed by atoms with Crippen molar-refractivity contribution in [1.29, 1.82) is 0 Å². The van der Waals surface area contributed by atoms with Crippen LogP contribution in [-0.4, -0.2) is 43.7 Å². The summed E-state index contributed by atoms with van der Waals surface area (Å²) in [4.78, 5) is 36.2. The maximum atomic E-state index is 12.1. The Bertz CT molecular complexity index is 1030. The van der Waals surface area contributed by atoms with Crippen LogP contribution in [0.3, 0.4) is 0 Å². The molecule has 1 aliphatic carbocycles. The number of ether oxygens (including phenoxy) is 2. The number of nitrogens with one attached hydrogen (secondary N) is 3. The van der Waals surface area contributed by atoms with E-state index in [-0.39, 0.29) is 18.6 Å². The summed E-state index contributed by atoms with van der Waals surface area (Å²) in [5, 5.41) is 9.33. The fourth-order valence-electron chi connectivity index (χ4n) is 3.63. The highest BCUT2D eigenvalue weighted by Gasteiger charge is 2.16. The molecular formula is C25H30N4O5. The van der Waals surface area contributed by atoms with E-state index in [1.807, 2.05) is 13.0 Å². The van der Waals surface area contributed by atoms with Crippen LogP contribution in [0, 0.1) is 6.92 Å². The third-order valence-corrected chi connectivity index (χ3v) is 5.41. The molecule has 0 heterocycles. The molecule has 2 aromatic rings. The van der Waals surface area contributed by atoms with Gasteiger partial charge in [0, 0.05) is 6.04 Å². The van der Waals surface area contributed by atoms with Crippen LogP contribution in [0.15, 0.2) is 47.6 Å². The fourth-order valence-corrected chi connectivity index (χ4v) is 3.63. The molecule has 34 heavy (non-hydrogen) atoms. The minimum absolute atomic E-state index is 0.0408. The minimum atomic E-state index is -0.913. The first-order valence-corrected chi connectivity index (χ1v) is 11.3. The first-order chi connectivity index (χ1) is 16.4. The third kappa shape index (κ3) is 7.61. The molecule has 3 rings (SSSR count). The molecule has 0 aromatic heterocycles. The summed E-state index contributed by atoms with van der Waals surface area (Å²) < 4.78 is 10.7. The van der Waals surface area contributed by atoms with Crippen molar-refractivity contribution < 1.29 is 23.9 Å². The van der Waals surface area contributed by atoms with Crippen molar-refractivity contribution in [3.05, 3.63) is 53.6 Å². The molecule has 0 aliphatic heterocycles. The summed E-state index contributed by atoms with van der Waals surface area (Å²) in [6.45, 7) is 1.82. The molecule has 0 spiro atoms. The van der Waals surface area contributed by atoms with Crippen molar-refractivity contribution in [2.75, 3.05) is 19.0 Å². The molecule has 0 radical (unpaired) electrons. The number of hydrogen-bond acceptors (Lipinski definition) is 6. The van der Waals surface area contributed by atoms with E-state index >= 15 is 0 Å². The van der Waals surface area contributed by atoms with Gasteiger partial charge in [-0.2, -0.15) is 5.10 Å². The summed E-state index contributed by atoms with van der Waals surface area (Å²) >= 11 is 0. The van der Waals surface area contributed by atoms with Crippen molar-refractivity contribution in [3.8, 4) is 11.5 Å². The van der Waals surface area contributed by atoms with Gasteiger partial charge in [-0.1, -0.05) is 25.3 Å². The number of aryl methyl sites for hydroxylation is 1. The van der Waals surface area contributed by atoms with Crippen molar-refractivity contribution in [2.45, 2.75) is 45.1 Å². The summed E-state index contributed by atoms with van der Waals surface area (Å²) in [7, 11) is 1.48. The maximum absolute atomic E-state index is 12.1. The van der Waals surface area contributed by atoms with E-state index in [2.05, 4.69) is 21.2 Å². The van der Waals surface area contributed by atoms with Gasteiger partial charge in [-0.3, -0.25) is 14.4 Å². The van der Waals surface area contributed by atoms with Crippen LogP contribution < -0.4 is 25.5 Å². The molecule has 0 atom stereocenters. The molecule has 180 valence electrons. The number of amides is 3. The molecule has 1 saturated carbocycles. The SMILES string of the molecule is COc1ccc(C)cc1NC(=O)C(=O)N/N=C\c1ccc(OCC(=O)NC2CCCCC2)cc1. The topological polar surface area (TPSA) is 118 Å². The van der Waals surface area contributed by atoms with Gasteiger partial charge in [0.25, 0.3) is 5.91 Å². The Morgan fingerprint density at radius 1 is 1.03 bits per heavy atom. The van der Waals surface area contributed by atoms with Gasteiger partial charge in [-0.15, -0.1) is 0 Å². The van der Waals surface area contributed by atoms with E-state index in [4.69, 9.17) is 9.47 Å². The molecule has 0 bridgehead atoms. The minimum Gasteiger partial charge on any atom is -0.495 e. The van der Waals surface area contributed by atoms with E-state index in [1.54, 1.807) is 36.4 Å². The van der Waals surface area contributed by atoms with Gasteiger partial charge in [0.1, 0.15) is 11.5 Å². The fraction of sp³-hybridized carbons (Fsp3) is 0.360. The predicted molar refractivity (Wildman–Crippen MR) is 129 cm³/mol. The first kappa shape index (κ1) is 24.8. The highest BCUT2D eigenvalue weighted by molar-refractivity contribution is 6.39. The van der Waals surface area contributed by atoms with Crippen LogP contribution in [0.5, 0.6) is 11.5 Å². The number of methoxy groups -OCH3 is 1. The molecule has 0 saturated heterocycles. The van der Waals surface area contributed by atoms with Gasteiger partial charge in [-0.25, -0.2) is 5.43 Å². The monoisotopic (exact) mass is 466 g/mol. The van der Waals surface area contributed by atoms with Crippen LogP contribution in [0.1, 0.15) is 43.2 Å². The number of hydrogen-bond donors (Lipinski definition) is 3. The summed E-state index contributed by atoms with van der Waals surface area (Å²) in [5.74, 6) is -0.905. The molecule has 9 heteroatoms. The summed E-state index contributed by atoms with van der Waals surface area (Å²) in [6.07, 6.45) is 7.00. The van der Waals surface area contributed by atoms with E-state index in [9.17, 15) is 14.4 Å². The first-order valence-electron chi connectivity index (χ1n) is 11.3. The number of carbonyl (C=O) groups is 3. The van der Waals surface area contributed by atoms with Crippen LogP contribution >= 0.6 is 0 Å². The number of hydrazone groups is 1. The van der Waals surface area contributed by atoms with Crippen LogP contribution in [0.25, 0.3) is 0 Å². The van der Waals surface area contributed by atoms with Crippen molar-refractivity contribution in [3.63, 3.8) is 0 Å². The number of nitrogens with zero attached hydrogens (tertiary/aromatic N) is 1. The average Bonchev–Trinajstić information content (AvgIpc) is 2.84. The van der Waals surface area contributed by atoms with Crippen LogP contribution in [-0.2, 0) is 14.4 Å². The van der Waals surface area contributed by atoms with Crippen LogP contribution in [0.4, 0.5) is 5.69 Å². The highest BCUT2D eigenvalue weighted by atomic mass is 16.5. The Morgan fingerprint density at radius 3 is 2.47 bits per heavy atom. The van der Waals surface area contributed by atoms with E-state index < -0.39 is 11.8 Å². The molecular weight excluding hydrogens is 436 g/mol. The van der Waals surface area contributed by atoms with Crippen molar-refractivity contribution in [2.24, 2.45) is 5.10 Å². The second-order valence-corrected chi connectivity index (χ2v) is 8.12. The van der Waals surface area contributed by atoms with Crippen molar-refractivity contribution in [1.82, 2.24) is 10.7 Å². The highest BCUT2D eigenvalue weighted by Crippen LogP contribution is 2.25. The van der Waals surface area contributed by atoms with Gasteiger partial charge >= 0.3 is 11.8 Å². The zero-order valence-electron chi connectivity index (χ0n) is 19.4. The molecule has 3 amide bonds. The standard InChI is InChI=1S/C25H30N4O5/c1-17-8-13-22(33-2)21(14-17)28-24(31)25(32)29-26-15-18-9-11-20(12-10-18)34-16-23(30)27-19-6-4-3-5-7-19/h8-15,19H,3-7,16H2,1-2H3,(H,27,30)(H,28,31)(H,29,32)/b26-15-. The molecule has 2 aromatic carbocycles. The summed E-state index contributed by atoms with van der Waals surface area (Å²) in [6, 6.07) is 12.3. The number of anilines is 1.